The van der Waals surface area contributed by atoms with E-state index in [1.807, 2.05) is 42.5 Å². The number of nitrogens with zero attached hydrogens (tertiary/aromatic N) is 1. The Bertz CT molecular complexity index is 822. The highest BCUT2D eigenvalue weighted by molar-refractivity contribution is 6.06. The highest BCUT2D eigenvalue weighted by Gasteiger charge is 2.27. The van der Waals surface area contributed by atoms with Crippen LogP contribution >= 0.6 is 0 Å². The molecule has 108 valence electrons. The summed E-state index contributed by atoms with van der Waals surface area (Å²) in [5.41, 5.74) is 5.81. The molecule has 1 aromatic carbocycles. The minimum Gasteiger partial charge on any atom is -0.357 e. The predicted molar refractivity (Wildman–Crippen MR) is 85.5 cm³/mol. The monoisotopic (exact) mass is 289 g/mol. The summed E-state index contributed by atoms with van der Waals surface area (Å²) < 4.78 is 0. The number of hydrogen-bond donors (Lipinski definition) is 2. The molecule has 0 fully saturated rings. The van der Waals surface area contributed by atoms with Crippen molar-refractivity contribution in [2.24, 2.45) is 0 Å². The second-order valence-corrected chi connectivity index (χ2v) is 5.34. The van der Waals surface area contributed by atoms with Gasteiger partial charge in [-0.2, -0.15) is 0 Å². The van der Waals surface area contributed by atoms with Crippen molar-refractivity contribution in [2.45, 2.75) is 6.42 Å². The van der Waals surface area contributed by atoms with E-state index < -0.39 is 0 Å². The van der Waals surface area contributed by atoms with Crippen molar-refractivity contribution in [1.29, 1.82) is 0 Å². The number of aromatic nitrogens is 2. The maximum atomic E-state index is 12.4. The van der Waals surface area contributed by atoms with Crippen LogP contribution < -0.4 is 5.32 Å². The van der Waals surface area contributed by atoms with E-state index in [1.54, 1.807) is 12.4 Å². The molecular weight excluding hydrogens is 274 g/mol. The van der Waals surface area contributed by atoms with E-state index in [-0.39, 0.29) is 5.91 Å². The minimum atomic E-state index is -0.00309. The zero-order valence-electron chi connectivity index (χ0n) is 12.0. The second-order valence-electron chi connectivity index (χ2n) is 5.34. The molecule has 0 aliphatic carbocycles. The fraction of sp³-hybridized carbons (Fsp3) is 0.111. The van der Waals surface area contributed by atoms with E-state index in [9.17, 15) is 4.79 Å². The molecule has 22 heavy (non-hydrogen) atoms. The van der Waals surface area contributed by atoms with E-state index >= 15 is 0 Å². The fourth-order valence-corrected chi connectivity index (χ4v) is 3.01. The van der Waals surface area contributed by atoms with Gasteiger partial charge in [-0.1, -0.05) is 30.3 Å². The van der Waals surface area contributed by atoms with Crippen molar-refractivity contribution in [3.05, 3.63) is 66.1 Å². The summed E-state index contributed by atoms with van der Waals surface area (Å²) in [4.78, 5) is 19.9. The van der Waals surface area contributed by atoms with Gasteiger partial charge >= 0.3 is 0 Å². The lowest BCUT2D eigenvalue weighted by Crippen LogP contribution is -2.31. The maximum Gasteiger partial charge on any atom is 0.253 e. The number of carbonyl (C=O) groups excluding carboxylic acids is 1. The first-order chi connectivity index (χ1) is 10.8. The van der Waals surface area contributed by atoms with Crippen LogP contribution in [0.5, 0.6) is 0 Å². The van der Waals surface area contributed by atoms with Gasteiger partial charge < -0.3 is 10.3 Å². The minimum absolute atomic E-state index is 0.00309. The third kappa shape index (κ3) is 2.00. The lowest BCUT2D eigenvalue weighted by molar-refractivity contribution is 0.0946. The number of aromatic amines is 1. The standard InChI is InChI=1S/C18H15N3O/c22-18-16-14(8-11-20-18)21-17(13-6-9-19-10-7-13)15(16)12-4-2-1-3-5-12/h1-7,9-10,21H,8,11H2,(H,20,22). The zero-order valence-corrected chi connectivity index (χ0v) is 12.0. The number of fused-ring (bicyclic) bond motifs is 1. The first-order valence-electron chi connectivity index (χ1n) is 7.33. The topological polar surface area (TPSA) is 57.8 Å². The number of nitrogens with one attached hydrogen (secondary N) is 2. The molecule has 0 spiro atoms. The molecule has 4 heteroatoms. The first kappa shape index (κ1) is 12.8. The van der Waals surface area contributed by atoms with Gasteiger partial charge in [0, 0.05) is 42.2 Å². The van der Waals surface area contributed by atoms with Gasteiger partial charge in [0.2, 0.25) is 0 Å². The summed E-state index contributed by atoms with van der Waals surface area (Å²) in [5, 5.41) is 2.94. The fourth-order valence-electron chi connectivity index (χ4n) is 3.01. The number of pyridine rings is 1. The van der Waals surface area contributed by atoms with Crippen LogP contribution in [0, 0.1) is 0 Å². The number of carbonyl (C=O) groups is 1. The zero-order chi connectivity index (χ0) is 14.9. The molecule has 1 aliphatic heterocycles. The van der Waals surface area contributed by atoms with E-state index in [1.165, 1.54) is 0 Å². The third-order valence-electron chi connectivity index (χ3n) is 4.00. The summed E-state index contributed by atoms with van der Waals surface area (Å²) in [6.45, 7) is 0.677. The number of rotatable bonds is 2. The van der Waals surface area contributed by atoms with Gasteiger partial charge in [-0.3, -0.25) is 9.78 Å². The lowest BCUT2D eigenvalue weighted by Gasteiger charge is -2.14. The van der Waals surface area contributed by atoms with Crippen molar-refractivity contribution < 1.29 is 4.79 Å². The van der Waals surface area contributed by atoms with Crippen LogP contribution in [-0.2, 0) is 6.42 Å². The molecule has 0 bridgehead atoms. The summed E-state index contributed by atoms with van der Waals surface area (Å²) in [5.74, 6) is -0.00309. The molecule has 2 N–H and O–H groups in total. The van der Waals surface area contributed by atoms with Gasteiger partial charge in [-0.25, -0.2) is 0 Å². The lowest BCUT2D eigenvalue weighted by atomic mass is 9.95. The molecular formula is C18H15N3O. The van der Waals surface area contributed by atoms with Crippen molar-refractivity contribution in [1.82, 2.24) is 15.3 Å². The Balaban J connectivity index is 2.01. The molecule has 4 nitrogen and oxygen atoms in total. The average molecular weight is 289 g/mol. The highest BCUT2D eigenvalue weighted by Crippen LogP contribution is 2.37. The molecule has 1 aliphatic rings. The molecule has 3 aromatic rings. The van der Waals surface area contributed by atoms with Crippen LogP contribution in [0.4, 0.5) is 0 Å². The van der Waals surface area contributed by atoms with Crippen LogP contribution in [0.1, 0.15) is 16.1 Å². The van der Waals surface area contributed by atoms with Gasteiger partial charge in [0.05, 0.1) is 11.3 Å². The Morgan fingerprint density at radius 1 is 0.909 bits per heavy atom. The van der Waals surface area contributed by atoms with Gasteiger partial charge in [0.1, 0.15) is 0 Å². The third-order valence-corrected chi connectivity index (χ3v) is 4.00. The normalized spacial score (nSPS) is 13.5. The van der Waals surface area contributed by atoms with Crippen molar-refractivity contribution in [2.75, 3.05) is 6.54 Å². The van der Waals surface area contributed by atoms with Crippen LogP contribution in [0.15, 0.2) is 54.9 Å². The summed E-state index contributed by atoms with van der Waals surface area (Å²) in [7, 11) is 0. The van der Waals surface area contributed by atoms with E-state index in [2.05, 4.69) is 15.3 Å². The molecule has 4 rings (SSSR count). The van der Waals surface area contributed by atoms with Crippen LogP contribution in [0.25, 0.3) is 22.4 Å². The number of H-pyrrole nitrogens is 1. The van der Waals surface area contributed by atoms with Crippen molar-refractivity contribution in [3.63, 3.8) is 0 Å². The van der Waals surface area contributed by atoms with Gasteiger partial charge in [0.15, 0.2) is 0 Å². The van der Waals surface area contributed by atoms with Crippen molar-refractivity contribution >= 4 is 5.91 Å². The first-order valence-corrected chi connectivity index (χ1v) is 7.33. The summed E-state index contributed by atoms with van der Waals surface area (Å²) >= 11 is 0. The molecule has 2 aromatic heterocycles. The molecule has 1 amide bonds. The smallest absolute Gasteiger partial charge is 0.253 e. The molecule has 0 unspecified atom stereocenters. The number of hydrogen-bond acceptors (Lipinski definition) is 2. The second kappa shape index (κ2) is 5.15. The van der Waals surface area contributed by atoms with Gasteiger partial charge in [0.25, 0.3) is 5.91 Å². The molecule has 0 saturated heterocycles. The van der Waals surface area contributed by atoms with Crippen molar-refractivity contribution in [3.8, 4) is 22.4 Å². The molecule has 0 radical (unpaired) electrons. The maximum absolute atomic E-state index is 12.4. The van der Waals surface area contributed by atoms with Gasteiger partial charge in [-0.05, 0) is 17.7 Å². The predicted octanol–water partition coefficient (Wildman–Crippen LogP) is 3.03. The number of benzene rings is 1. The average Bonchev–Trinajstić information content (AvgIpc) is 2.97. The van der Waals surface area contributed by atoms with Crippen LogP contribution in [0.3, 0.4) is 0 Å². The Labute approximate surface area is 128 Å². The SMILES string of the molecule is O=C1NCCc2[nH]c(-c3ccncc3)c(-c3ccccc3)c21. The summed E-state index contributed by atoms with van der Waals surface area (Å²) in [6.07, 6.45) is 4.36. The van der Waals surface area contributed by atoms with Crippen LogP contribution in [-0.4, -0.2) is 22.4 Å². The Morgan fingerprint density at radius 2 is 1.68 bits per heavy atom. The van der Waals surface area contributed by atoms with E-state index in [4.69, 9.17) is 0 Å². The van der Waals surface area contributed by atoms with Crippen LogP contribution in [0.2, 0.25) is 0 Å². The molecule has 0 saturated carbocycles. The quantitative estimate of drug-likeness (QED) is 0.762. The van der Waals surface area contributed by atoms with Gasteiger partial charge in [-0.15, -0.1) is 0 Å². The molecule has 0 atom stereocenters. The highest BCUT2D eigenvalue weighted by atomic mass is 16.1. The Morgan fingerprint density at radius 3 is 2.45 bits per heavy atom. The van der Waals surface area contributed by atoms with E-state index in [0.717, 1.165) is 40.1 Å². The largest absolute Gasteiger partial charge is 0.357 e. The number of amides is 1. The van der Waals surface area contributed by atoms with E-state index in [0.29, 0.717) is 6.54 Å². The Hall–Kier alpha value is -2.88. The Kier molecular flexibility index (Phi) is 3.00. The molecule has 3 heterocycles. The summed E-state index contributed by atoms with van der Waals surface area (Å²) in [6, 6.07) is 14.0.